The second-order valence-corrected chi connectivity index (χ2v) is 4.89. The van der Waals surface area contributed by atoms with Gasteiger partial charge in [0.1, 0.15) is 5.75 Å². The van der Waals surface area contributed by atoms with Crippen LogP contribution in [-0.2, 0) is 4.79 Å². The molecule has 0 saturated heterocycles. The Morgan fingerprint density at radius 3 is 2.59 bits per heavy atom. The van der Waals surface area contributed by atoms with E-state index in [0.717, 1.165) is 0 Å². The number of benzene rings is 1. The van der Waals surface area contributed by atoms with Crippen LogP contribution in [0.5, 0.6) is 5.75 Å². The fourth-order valence-electron chi connectivity index (χ4n) is 1.23. The molecule has 0 atom stereocenters. The number of carbonyl (C=O) groups excluding carboxylic acids is 1. The highest BCUT2D eigenvalue weighted by molar-refractivity contribution is 5.96. The van der Waals surface area contributed by atoms with Crippen LogP contribution in [0.25, 0.3) is 0 Å². The van der Waals surface area contributed by atoms with Crippen molar-refractivity contribution in [1.29, 1.82) is 0 Å². The summed E-state index contributed by atoms with van der Waals surface area (Å²) in [7, 11) is 0. The first kappa shape index (κ1) is 13.4. The molecule has 0 fully saturated rings. The van der Waals surface area contributed by atoms with E-state index in [-0.39, 0.29) is 5.91 Å². The Hall–Kier alpha value is -1.71. The van der Waals surface area contributed by atoms with E-state index in [1.54, 1.807) is 18.2 Å². The first-order valence-electron chi connectivity index (χ1n) is 5.68. The number of ether oxygens (including phenoxy) is 1. The Morgan fingerprint density at radius 1 is 1.41 bits per heavy atom. The zero-order valence-electron chi connectivity index (χ0n) is 10.8. The van der Waals surface area contributed by atoms with Crippen molar-refractivity contribution in [3.63, 3.8) is 0 Å². The highest BCUT2D eigenvalue weighted by Crippen LogP contribution is 2.28. The minimum absolute atomic E-state index is 0.0526. The van der Waals surface area contributed by atoms with Gasteiger partial charge < -0.3 is 15.8 Å². The molecule has 94 valence electrons. The van der Waals surface area contributed by atoms with E-state index < -0.39 is 5.41 Å². The number of rotatable bonds is 3. The molecule has 1 amide bonds. The summed E-state index contributed by atoms with van der Waals surface area (Å²) in [5.41, 5.74) is 6.51. The molecule has 0 unspecified atom stereocenters. The Bertz CT molecular complexity index is 408. The summed E-state index contributed by atoms with van der Waals surface area (Å²) in [6.45, 7) is 8.00. The van der Waals surface area contributed by atoms with Crippen LogP contribution >= 0.6 is 0 Å². The Balaban J connectivity index is 2.94. The summed E-state index contributed by atoms with van der Waals surface area (Å²) < 4.78 is 5.44. The standard InChI is InChI=1S/C13H20N2O2/c1-5-17-11-8-9(14)6-7-10(11)15-12(16)13(2,3)4/h6-8H,5,14H2,1-4H3,(H,15,16). The van der Waals surface area contributed by atoms with E-state index in [0.29, 0.717) is 23.7 Å². The van der Waals surface area contributed by atoms with Gasteiger partial charge in [-0.15, -0.1) is 0 Å². The topological polar surface area (TPSA) is 64.3 Å². The van der Waals surface area contributed by atoms with Gasteiger partial charge in [0.15, 0.2) is 0 Å². The molecule has 3 N–H and O–H groups in total. The van der Waals surface area contributed by atoms with E-state index in [9.17, 15) is 4.79 Å². The van der Waals surface area contributed by atoms with E-state index in [4.69, 9.17) is 10.5 Å². The van der Waals surface area contributed by atoms with Crippen LogP contribution in [0.4, 0.5) is 11.4 Å². The second kappa shape index (κ2) is 5.08. The number of anilines is 2. The molecule has 0 heterocycles. The normalized spacial score (nSPS) is 11.1. The lowest BCUT2D eigenvalue weighted by atomic mass is 9.95. The van der Waals surface area contributed by atoms with Gasteiger partial charge in [0, 0.05) is 17.2 Å². The summed E-state index contributed by atoms with van der Waals surface area (Å²) >= 11 is 0. The van der Waals surface area contributed by atoms with Gasteiger partial charge >= 0.3 is 0 Å². The maximum Gasteiger partial charge on any atom is 0.229 e. The molecule has 0 radical (unpaired) electrons. The molecular weight excluding hydrogens is 216 g/mol. The van der Waals surface area contributed by atoms with E-state index in [2.05, 4.69) is 5.32 Å². The van der Waals surface area contributed by atoms with Crippen molar-refractivity contribution in [1.82, 2.24) is 0 Å². The number of nitrogen functional groups attached to an aromatic ring is 1. The van der Waals surface area contributed by atoms with Crippen LogP contribution in [0.2, 0.25) is 0 Å². The van der Waals surface area contributed by atoms with Gasteiger partial charge in [-0.25, -0.2) is 0 Å². The Kier molecular flexibility index (Phi) is 3.99. The fourth-order valence-corrected chi connectivity index (χ4v) is 1.23. The van der Waals surface area contributed by atoms with E-state index in [1.165, 1.54) is 0 Å². The molecule has 0 aliphatic rings. The maximum atomic E-state index is 11.9. The molecular formula is C13H20N2O2. The molecule has 4 heteroatoms. The smallest absolute Gasteiger partial charge is 0.229 e. The molecule has 0 saturated carbocycles. The summed E-state index contributed by atoms with van der Waals surface area (Å²) in [6, 6.07) is 5.20. The number of nitrogens with two attached hydrogens (primary N) is 1. The van der Waals surface area contributed by atoms with Gasteiger partial charge in [-0.1, -0.05) is 20.8 Å². The summed E-state index contributed by atoms with van der Waals surface area (Å²) in [4.78, 5) is 11.9. The summed E-state index contributed by atoms with van der Waals surface area (Å²) in [6.07, 6.45) is 0. The van der Waals surface area contributed by atoms with Crippen molar-refractivity contribution in [2.75, 3.05) is 17.7 Å². The lowest BCUT2D eigenvalue weighted by Gasteiger charge is -2.19. The zero-order valence-corrected chi connectivity index (χ0v) is 10.8. The second-order valence-electron chi connectivity index (χ2n) is 4.89. The Labute approximate surface area is 102 Å². The van der Waals surface area contributed by atoms with Gasteiger partial charge in [-0.05, 0) is 19.1 Å². The third-order valence-corrected chi connectivity index (χ3v) is 2.23. The number of carbonyl (C=O) groups is 1. The SMILES string of the molecule is CCOc1cc(N)ccc1NC(=O)C(C)(C)C. The minimum atomic E-state index is -0.440. The van der Waals surface area contributed by atoms with Gasteiger partial charge in [0.25, 0.3) is 0 Å². The third kappa shape index (κ3) is 3.66. The first-order chi connectivity index (χ1) is 7.84. The fraction of sp³-hybridized carbons (Fsp3) is 0.462. The molecule has 1 aromatic carbocycles. The van der Waals surface area contributed by atoms with Crippen molar-refractivity contribution in [3.8, 4) is 5.75 Å². The molecule has 1 aromatic rings. The monoisotopic (exact) mass is 236 g/mol. The van der Waals surface area contributed by atoms with Gasteiger partial charge in [0.2, 0.25) is 5.91 Å². The lowest BCUT2D eigenvalue weighted by Crippen LogP contribution is -2.27. The van der Waals surface area contributed by atoms with Crippen molar-refractivity contribution in [2.24, 2.45) is 5.41 Å². The van der Waals surface area contributed by atoms with Gasteiger partial charge in [-0.2, -0.15) is 0 Å². The van der Waals surface area contributed by atoms with Crippen LogP contribution in [0.1, 0.15) is 27.7 Å². The summed E-state index contributed by atoms with van der Waals surface area (Å²) in [5.74, 6) is 0.549. The van der Waals surface area contributed by atoms with E-state index in [1.807, 2.05) is 27.7 Å². The number of nitrogens with one attached hydrogen (secondary N) is 1. The van der Waals surface area contributed by atoms with Gasteiger partial charge in [0.05, 0.1) is 12.3 Å². The Morgan fingerprint density at radius 2 is 2.06 bits per heavy atom. The first-order valence-corrected chi connectivity index (χ1v) is 5.68. The van der Waals surface area contributed by atoms with Crippen molar-refractivity contribution < 1.29 is 9.53 Å². The lowest BCUT2D eigenvalue weighted by molar-refractivity contribution is -0.123. The predicted molar refractivity (Wildman–Crippen MR) is 70.1 cm³/mol. The quantitative estimate of drug-likeness (QED) is 0.793. The highest BCUT2D eigenvalue weighted by Gasteiger charge is 2.22. The average molecular weight is 236 g/mol. The molecule has 0 aliphatic carbocycles. The predicted octanol–water partition coefficient (Wildman–Crippen LogP) is 2.65. The molecule has 0 spiro atoms. The molecule has 4 nitrogen and oxygen atoms in total. The zero-order chi connectivity index (χ0) is 13.1. The average Bonchev–Trinajstić information content (AvgIpc) is 2.21. The highest BCUT2D eigenvalue weighted by atomic mass is 16.5. The molecule has 17 heavy (non-hydrogen) atoms. The molecule has 0 aromatic heterocycles. The molecule has 0 bridgehead atoms. The van der Waals surface area contributed by atoms with Gasteiger partial charge in [-0.3, -0.25) is 4.79 Å². The van der Waals surface area contributed by atoms with Crippen LogP contribution < -0.4 is 15.8 Å². The van der Waals surface area contributed by atoms with Crippen LogP contribution in [0.15, 0.2) is 18.2 Å². The van der Waals surface area contributed by atoms with Crippen LogP contribution in [0.3, 0.4) is 0 Å². The van der Waals surface area contributed by atoms with Crippen molar-refractivity contribution in [2.45, 2.75) is 27.7 Å². The summed E-state index contributed by atoms with van der Waals surface area (Å²) in [5, 5.41) is 2.84. The van der Waals surface area contributed by atoms with Crippen molar-refractivity contribution in [3.05, 3.63) is 18.2 Å². The van der Waals surface area contributed by atoms with E-state index >= 15 is 0 Å². The minimum Gasteiger partial charge on any atom is -0.492 e. The van der Waals surface area contributed by atoms with Crippen LogP contribution in [0, 0.1) is 5.41 Å². The number of hydrogen-bond acceptors (Lipinski definition) is 3. The van der Waals surface area contributed by atoms with Crippen molar-refractivity contribution >= 4 is 17.3 Å². The molecule has 1 rings (SSSR count). The maximum absolute atomic E-state index is 11.9. The number of amides is 1. The molecule has 0 aliphatic heterocycles. The third-order valence-electron chi connectivity index (χ3n) is 2.23. The van der Waals surface area contributed by atoms with Crippen LogP contribution in [-0.4, -0.2) is 12.5 Å². The number of hydrogen-bond donors (Lipinski definition) is 2. The largest absolute Gasteiger partial charge is 0.492 e.